The molecule has 1 amide bonds. The summed E-state index contributed by atoms with van der Waals surface area (Å²) < 4.78 is 5.56. The number of anilines is 1. The standard InChI is InChI=1S/C32H35N5O2/c38-31(34-30(22-5-1-2-6-22)28-7-3-4-16-33-28)24-10-13-27-26(19-24)29(36-35-27)23-8-11-25(12-9-23)37-20-32(21-37)14-17-39-18-15-32/h3-4,7-13,16,19,22,30H,1-2,5-6,14-15,17-18,20-21H2,(H,34,38)(H,35,36)/t30-/m0/s1. The van der Waals surface area contributed by atoms with Gasteiger partial charge in [-0.05, 0) is 74.1 Å². The van der Waals surface area contributed by atoms with E-state index in [1.165, 1.54) is 31.4 Å². The molecule has 2 saturated heterocycles. The summed E-state index contributed by atoms with van der Waals surface area (Å²) in [7, 11) is 0. The first kappa shape index (κ1) is 24.3. The fourth-order valence-electron chi connectivity index (χ4n) is 6.78. The lowest BCUT2D eigenvalue weighted by Gasteiger charge is -2.53. The highest BCUT2D eigenvalue weighted by molar-refractivity contribution is 6.01. The van der Waals surface area contributed by atoms with Crippen LogP contribution in [0.15, 0.2) is 66.9 Å². The lowest BCUT2D eigenvalue weighted by molar-refractivity contribution is -0.000191. The van der Waals surface area contributed by atoms with Crippen molar-refractivity contribution in [1.82, 2.24) is 20.5 Å². The monoisotopic (exact) mass is 521 g/mol. The number of H-pyrrole nitrogens is 1. The van der Waals surface area contributed by atoms with Crippen molar-refractivity contribution in [3.63, 3.8) is 0 Å². The molecule has 3 aliphatic rings. The molecule has 200 valence electrons. The number of fused-ring (bicyclic) bond motifs is 1. The molecular formula is C32H35N5O2. The number of carbonyl (C=O) groups is 1. The second kappa shape index (κ2) is 10.1. The third-order valence-electron chi connectivity index (χ3n) is 9.10. The molecule has 4 heterocycles. The third-order valence-corrected chi connectivity index (χ3v) is 9.10. The maximum atomic E-state index is 13.5. The number of amides is 1. The lowest BCUT2D eigenvalue weighted by atomic mass is 9.73. The quantitative estimate of drug-likeness (QED) is 0.330. The van der Waals surface area contributed by atoms with Gasteiger partial charge in [-0.15, -0.1) is 0 Å². The maximum Gasteiger partial charge on any atom is 0.251 e. The van der Waals surface area contributed by atoms with Crippen molar-refractivity contribution in [2.75, 3.05) is 31.2 Å². The highest BCUT2D eigenvalue weighted by Crippen LogP contribution is 2.42. The van der Waals surface area contributed by atoms with E-state index >= 15 is 0 Å². The minimum atomic E-state index is -0.0740. The second-order valence-corrected chi connectivity index (χ2v) is 11.6. The summed E-state index contributed by atoms with van der Waals surface area (Å²) in [6.07, 6.45) is 8.80. The van der Waals surface area contributed by atoms with Crippen LogP contribution in [0.4, 0.5) is 5.69 Å². The van der Waals surface area contributed by atoms with Crippen LogP contribution in [0.25, 0.3) is 22.2 Å². The number of aromatic nitrogens is 3. The van der Waals surface area contributed by atoms with E-state index in [1.54, 1.807) is 0 Å². The van der Waals surface area contributed by atoms with E-state index in [9.17, 15) is 4.79 Å². The zero-order chi connectivity index (χ0) is 26.2. The fraction of sp³-hybridized carbons (Fsp3) is 0.406. The van der Waals surface area contributed by atoms with Crippen LogP contribution >= 0.6 is 0 Å². The van der Waals surface area contributed by atoms with E-state index < -0.39 is 0 Å². The van der Waals surface area contributed by atoms with Gasteiger partial charge in [-0.1, -0.05) is 31.0 Å². The summed E-state index contributed by atoms with van der Waals surface area (Å²) >= 11 is 0. The van der Waals surface area contributed by atoms with Crippen LogP contribution in [0, 0.1) is 11.3 Å². The highest BCUT2D eigenvalue weighted by Gasteiger charge is 2.43. The Morgan fingerprint density at radius 3 is 2.56 bits per heavy atom. The molecular weight excluding hydrogens is 486 g/mol. The normalized spacial score (nSPS) is 19.7. The molecule has 0 radical (unpaired) electrons. The molecule has 0 bridgehead atoms. The zero-order valence-corrected chi connectivity index (χ0v) is 22.2. The van der Waals surface area contributed by atoms with Crippen molar-refractivity contribution >= 4 is 22.5 Å². The predicted molar refractivity (Wildman–Crippen MR) is 153 cm³/mol. The third kappa shape index (κ3) is 4.69. The molecule has 0 unspecified atom stereocenters. The number of pyridine rings is 1. The Morgan fingerprint density at radius 1 is 1.03 bits per heavy atom. The second-order valence-electron chi connectivity index (χ2n) is 11.6. The largest absolute Gasteiger partial charge is 0.381 e. The van der Waals surface area contributed by atoms with Crippen LogP contribution in [0.5, 0.6) is 0 Å². The van der Waals surface area contributed by atoms with Crippen molar-refractivity contribution < 1.29 is 9.53 Å². The number of hydrogen-bond donors (Lipinski definition) is 2. The van der Waals surface area contributed by atoms with Crippen LogP contribution in [-0.4, -0.2) is 47.4 Å². The molecule has 7 heteroatoms. The molecule has 2 aromatic carbocycles. The number of ether oxygens (including phenoxy) is 1. The topological polar surface area (TPSA) is 83.1 Å². The van der Waals surface area contributed by atoms with Crippen molar-refractivity contribution in [3.05, 3.63) is 78.1 Å². The summed E-state index contributed by atoms with van der Waals surface area (Å²) in [6, 6.07) is 20.3. The molecule has 7 nitrogen and oxygen atoms in total. The summed E-state index contributed by atoms with van der Waals surface area (Å²) in [5.74, 6) is 0.352. The van der Waals surface area contributed by atoms with Gasteiger partial charge in [-0.3, -0.25) is 14.9 Å². The molecule has 1 atom stereocenters. The average molecular weight is 522 g/mol. The summed E-state index contributed by atoms with van der Waals surface area (Å²) in [5.41, 5.74) is 6.11. The van der Waals surface area contributed by atoms with Crippen molar-refractivity contribution in [3.8, 4) is 11.3 Å². The number of benzene rings is 2. The SMILES string of the molecule is O=C(N[C@H](c1ccccn1)C1CCCC1)c1ccc2[nH]nc(-c3ccc(N4CC5(CCOCC5)C4)cc3)c2c1. The van der Waals surface area contributed by atoms with Gasteiger partial charge in [0.25, 0.3) is 5.91 Å². The van der Waals surface area contributed by atoms with Crippen molar-refractivity contribution in [2.45, 2.75) is 44.6 Å². The van der Waals surface area contributed by atoms with Gasteiger partial charge < -0.3 is 15.0 Å². The van der Waals surface area contributed by atoms with Gasteiger partial charge in [0.05, 0.1) is 22.9 Å². The van der Waals surface area contributed by atoms with E-state index in [2.05, 4.69) is 49.7 Å². The molecule has 1 spiro atoms. The fourth-order valence-corrected chi connectivity index (χ4v) is 6.78. The van der Waals surface area contributed by atoms with E-state index in [1.807, 2.05) is 42.6 Å². The molecule has 39 heavy (non-hydrogen) atoms. The lowest BCUT2D eigenvalue weighted by Crippen LogP contribution is -2.58. The zero-order valence-electron chi connectivity index (χ0n) is 22.2. The summed E-state index contributed by atoms with van der Waals surface area (Å²) in [5, 5.41) is 12.0. The van der Waals surface area contributed by atoms with E-state index in [4.69, 9.17) is 4.74 Å². The predicted octanol–water partition coefficient (Wildman–Crippen LogP) is 5.90. The van der Waals surface area contributed by atoms with Gasteiger partial charge in [0.15, 0.2) is 0 Å². The first-order chi connectivity index (χ1) is 19.2. The first-order valence-corrected chi connectivity index (χ1v) is 14.3. The van der Waals surface area contributed by atoms with Crippen LogP contribution in [-0.2, 0) is 4.74 Å². The van der Waals surface area contributed by atoms with Crippen molar-refractivity contribution in [2.24, 2.45) is 11.3 Å². The summed E-state index contributed by atoms with van der Waals surface area (Å²) in [6.45, 7) is 4.01. The number of nitrogens with zero attached hydrogens (tertiary/aromatic N) is 3. The minimum Gasteiger partial charge on any atom is -0.381 e. The highest BCUT2D eigenvalue weighted by atomic mass is 16.5. The Bertz CT molecular complexity index is 1450. The molecule has 7 rings (SSSR count). The minimum absolute atomic E-state index is 0.0678. The molecule has 1 saturated carbocycles. The summed E-state index contributed by atoms with van der Waals surface area (Å²) in [4.78, 5) is 20.5. The molecule has 4 aromatic rings. The van der Waals surface area contributed by atoms with Crippen molar-refractivity contribution in [1.29, 1.82) is 0 Å². The molecule has 2 aromatic heterocycles. The van der Waals surface area contributed by atoms with Gasteiger partial charge in [0.1, 0.15) is 0 Å². The van der Waals surface area contributed by atoms with Crippen LogP contribution in [0.3, 0.4) is 0 Å². The Kier molecular flexibility index (Phi) is 6.31. The smallest absolute Gasteiger partial charge is 0.251 e. The molecule has 3 fully saturated rings. The van der Waals surface area contributed by atoms with Crippen LogP contribution in [0.1, 0.15) is 60.6 Å². The Hall–Kier alpha value is -3.71. The number of nitrogens with one attached hydrogen (secondary N) is 2. The van der Waals surface area contributed by atoms with Gasteiger partial charge in [0.2, 0.25) is 0 Å². The van der Waals surface area contributed by atoms with Gasteiger partial charge in [-0.25, -0.2) is 0 Å². The van der Waals surface area contributed by atoms with Crippen LogP contribution in [0.2, 0.25) is 0 Å². The average Bonchev–Trinajstić information content (AvgIpc) is 3.66. The maximum absolute atomic E-state index is 13.5. The van der Waals surface area contributed by atoms with Gasteiger partial charge >= 0.3 is 0 Å². The first-order valence-electron chi connectivity index (χ1n) is 14.3. The van der Waals surface area contributed by atoms with E-state index in [0.717, 1.165) is 67.0 Å². The van der Waals surface area contributed by atoms with Gasteiger partial charge in [0, 0.05) is 60.1 Å². The molecule has 2 aliphatic heterocycles. The molecule has 2 N–H and O–H groups in total. The van der Waals surface area contributed by atoms with E-state index in [0.29, 0.717) is 16.9 Å². The molecule has 1 aliphatic carbocycles. The number of hydrogen-bond acceptors (Lipinski definition) is 5. The number of rotatable bonds is 6. The van der Waals surface area contributed by atoms with Crippen LogP contribution < -0.4 is 10.2 Å². The Balaban J connectivity index is 1.10. The van der Waals surface area contributed by atoms with E-state index in [-0.39, 0.29) is 11.9 Å². The van der Waals surface area contributed by atoms with Gasteiger partial charge in [-0.2, -0.15) is 5.10 Å². The number of aromatic amines is 1. The Morgan fingerprint density at radius 2 is 1.82 bits per heavy atom. The number of carbonyl (C=O) groups excluding carboxylic acids is 1. The Labute approximate surface area is 229 Å².